The number of sulfonamides is 1. The highest BCUT2D eigenvalue weighted by Gasteiger charge is 2.31. The largest absolute Gasteiger partial charge is 0.492 e. The lowest BCUT2D eigenvalue weighted by Gasteiger charge is -2.23. The van der Waals surface area contributed by atoms with E-state index in [0.717, 1.165) is 39.9 Å². The van der Waals surface area contributed by atoms with Crippen LogP contribution in [0.25, 0.3) is 0 Å². The number of halogens is 3. The third-order valence-corrected chi connectivity index (χ3v) is 5.71. The summed E-state index contributed by atoms with van der Waals surface area (Å²) in [6, 6.07) is 9.90. The molecule has 0 fully saturated rings. The molecule has 0 aliphatic carbocycles. The fourth-order valence-corrected chi connectivity index (χ4v) is 4.13. The second kappa shape index (κ2) is 10.7. The van der Waals surface area contributed by atoms with E-state index >= 15 is 0 Å². The van der Waals surface area contributed by atoms with E-state index in [1.807, 2.05) is 32.0 Å². The van der Waals surface area contributed by atoms with Gasteiger partial charge in [-0.05, 0) is 61.7 Å². The number of nitrogens with zero attached hydrogens (tertiary/aromatic N) is 1. The number of aryl methyl sites for hydroxylation is 2. The highest BCUT2D eigenvalue weighted by molar-refractivity contribution is 7.92. The van der Waals surface area contributed by atoms with Gasteiger partial charge in [-0.25, -0.2) is 8.42 Å². The summed E-state index contributed by atoms with van der Waals surface area (Å²) >= 11 is 0. The Morgan fingerprint density at radius 2 is 1.75 bits per heavy atom. The number of ether oxygens (including phenoxy) is 1. The summed E-state index contributed by atoms with van der Waals surface area (Å²) in [4.78, 5) is 12.0. The highest BCUT2D eigenvalue weighted by Crippen LogP contribution is 2.32. The van der Waals surface area contributed by atoms with Crippen molar-refractivity contribution in [2.45, 2.75) is 32.9 Å². The third-order valence-electron chi connectivity index (χ3n) is 4.52. The van der Waals surface area contributed by atoms with Crippen molar-refractivity contribution in [2.24, 2.45) is 0 Å². The number of hydrogen-bond donors (Lipinski definition) is 1. The molecule has 0 heterocycles. The van der Waals surface area contributed by atoms with Gasteiger partial charge >= 0.3 is 6.18 Å². The summed E-state index contributed by atoms with van der Waals surface area (Å²) in [5, 5.41) is 2.68. The van der Waals surface area contributed by atoms with Gasteiger partial charge < -0.3 is 10.1 Å². The van der Waals surface area contributed by atoms with Crippen LogP contribution in [0.2, 0.25) is 0 Å². The van der Waals surface area contributed by atoms with Crippen molar-refractivity contribution in [1.29, 1.82) is 0 Å². The van der Waals surface area contributed by atoms with Gasteiger partial charge in [-0.2, -0.15) is 13.2 Å². The van der Waals surface area contributed by atoms with E-state index in [4.69, 9.17) is 4.74 Å². The molecule has 1 amide bonds. The Kier molecular flexibility index (Phi) is 8.54. The van der Waals surface area contributed by atoms with Crippen LogP contribution < -0.4 is 14.4 Å². The zero-order valence-electron chi connectivity index (χ0n) is 18.2. The van der Waals surface area contributed by atoms with E-state index in [0.29, 0.717) is 5.75 Å². The quantitative estimate of drug-likeness (QED) is 0.529. The van der Waals surface area contributed by atoms with Gasteiger partial charge in [-0.1, -0.05) is 12.1 Å². The smallest absolute Gasteiger partial charge is 0.416 e. The van der Waals surface area contributed by atoms with Gasteiger partial charge in [0.25, 0.3) is 0 Å². The second-order valence-electron chi connectivity index (χ2n) is 7.51. The molecule has 0 atom stereocenters. The average Bonchev–Trinajstić information content (AvgIpc) is 2.66. The molecule has 0 radical (unpaired) electrons. The minimum absolute atomic E-state index is 0.0224. The van der Waals surface area contributed by atoms with E-state index in [9.17, 15) is 26.4 Å². The Labute approximate surface area is 186 Å². The van der Waals surface area contributed by atoms with Crippen LogP contribution in [0, 0.1) is 13.8 Å². The lowest BCUT2D eigenvalue weighted by atomic mass is 10.1. The van der Waals surface area contributed by atoms with Gasteiger partial charge in [0.2, 0.25) is 15.9 Å². The molecule has 0 saturated heterocycles. The molecule has 0 spiro atoms. The number of benzene rings is 2. The second-order valence-corrected chi connectivity index (χ2v) is 9.42. The van der Waals surface area contributed by atoms with Gasteiger partial charge in [0, 0.05) is 13.0 Å². The summed E-state index contributed by atoms with van der Waals surface area (Å²) in [6.45, 7) is 4.35. The molecule has 0 unspecified atom stereocenters. The molecule has 0 bridgehead atoms. The maximum atomic E-state index is 12.9. The van der Waals surface area contributed by atoms with E-state index < -0.39 is 21.8 Å². The average molecular weight is 473 g/mol. The fraction of sp³-hybridized carbons (Fsp3) is 0.409. The van der Waals surface area contributed by atoms with Gasteiger partial charge in [0.15, 0.2) is 0 Å². The number of anilines is 1. The summed E-state index contributed by atoms with van der Waals surface area (Å²) in [6.07, 6.45) is -3.50. The number of alkyl halides is 3. The monoisotopic (exact) mass is 472 g/mol. The predicted octanol–water partition coefficient (Wildman–Crippen LogP) is 4.06. The summed E-state index contributed by atoms with van der Waals surface area (Å²) in [5.74, 6) is 0.410. The molecule has 0 aliphatic heterocycles. The van der Waals surface area contributed by atoms with Gasteiger partial charge in [-0.15, -0.1) is 0 Å². The molecule has 2 aromatic carbocycles. The first-order valence-electron chi connectivity index (χ1n) is 9.99. The van der Waals surface area contributed by atoms with E-state index in [2.05, 4.69) is 5.32 Å². The van der Waals surface area contributed by atoms with Crippen molar-refractivity contribution in [1.82, 2.24) is 5.32 Å². The maximum absolute atomic E-state index is 12.9. The Hall–Kier alpha value is -2.75. The lowest BCUT2D eigenvalue weighted by Crippen LogP contribution is -2.33. The van der Waals surface area contributed by atoms with Crippen molar-refractivity contribution >= 4 is 21.6 Å². The molecular formula is C22H27F3N2O4S. The maximum Gasteiger partial charge on any atom is 0.416 e. The van der Waals surface area contributed by atoms with Crippen LogP contribution >= 0.6 is 0 Å². The standard InChI is InChI=1S/C22H27F3N2O4S/c1-16-12-17(2)14-20(13-16)31-11-9-26-21(28)8-5-10-27(32(3,29)30)19-7-4-6-18(15-19)22(23,24)25/h4,6-7,12-15H,5,8-11H2,1-3H3,(H,26,28). The minimum atomic E-state index is -4.59. The van der Waals surface area contributed by atoms with Crippen molar-refractivity contribution in [2.75, 3.05) is 30.3 Å². The van der Waals surface area contributed by atoms with Crippen LogP contribution in [0.4, 0.5) is 18.9 Å². The first-order valence-corrected chi connectivity index (χ1v) is 11.8. The molecule has 0 aliphatic rings. The predicted molar refractivity (Wildman–Crippen MR) is 117 cm³/mol. The number of carbonyl (C=O) groups excluding carboxylic acids is 1. The normalized spacial score (nSPS) is 11.8. The molecule has 0 aromatic heterocycles. The van der Waals surface area contributed by atoms with Gasteiger partial charge in [0.1, 0.15) is 12.4 Å². The molecule has 10 heteroatoms. The first kappa shape index (κ1) is 25.5. The number of carbonyl (C=O) groups is 1. The highest BCUT2D eigenvalue weighted by atomic mass is 32.2. The Bertz CT molecular complexity index is 1020. The molecule has 6 nitrogen and oxygen atoms in total. The van der Waals surface area contributed by atoms with Crippen molar-refractivity contribution in [3.63, 3.8) is 0 Å². The fourth-order valence-electron chi connectivity index (χ4n) is 3.17. The van der Waals surface area contributed by atoms with E-state index in [1.165, 1.54) is 6.07 Å². The number of rotatable bonds is 10. The van der Waals surface area contributed by atoms with Crippen LogP contribution in [-0.2, 0) is 21.0 Å². The van der Waals surface area contributed by atoms with E-state index in [1.54, 1.807) is 0 Å². The van der Waals surface area contributed by atoms with E-state index in [-0.39, 0.29) is 44.1 Å². The SMILES string of the molecule is Cc1cc(C)cc(OCCNC(=O)CCCN(c2cccc(C(F)(F)F)c2)S(C)(=O)=O)c1. The Morgan fingerprint density at radius 1 is 1.09 bits per heavy atom. The van der Waals surface area contributed by atoms with Crippen LogP contribution in [0.15, 0.2) is 42.5 Å². The molecule has 1 N–H and O–H groups in total. The first-order chi connectivity index (χ1) is 14.9. The number of hydrogen-bond acceptors (Lipinski definition) is 4. The van der Waals surface area contributed by atoms with Gasteiger partial charge in [0.05, 0.1) is 24.1 Å². The summed E-state index contributed by atoms with van der Waals surface area (Å²) in [7, 11) is -3.82. The lowest BCUT2D eigenvalue weighted by molar-refractivity contribution is -0.137. The Balaban J connectivity index is 1.84. The molecule has 176 valence electrons. The third kappa shape index (κ3) is 8.07. The molecule has 2 aromatic rings. The molecule has 2 rings (SSSR count). The van der Waals surface area contributed by atoms with Gasteiger partial charge in [-0.3, -0.25) is 9.10 Å². The topological polar surface area (TPSA) is 75.7 Å². The molecule has 32 heavy (non-hydrogen) atoms. The number of nitrogens with one attached hydrogen (secondary N) is 1. The Morgan fingerprint density at radius 3 is 2.34 bits per heavy atom. The van der Waals surface area contributed by atoms with Crippen molar-refractivity contribution in [3.05, 3.63) is 59.2 Å². The molecule has 0 saturated carbocycles. The zero-order valence-corrected chi connectivity index (χ0v) is 19.0. The number of amides is 1. The van der Waals surface area contributed by atoms with Crippen LogP contribution in [0.5, 0.6) is 5.75 Å². The van der Waals surface area contributed by atoms with Crippen LogP contribution in [0.3, 0.4) is 0 Å². The minimum Gasteiger partial charge on any atom is -0.492 e. The van der Waals surface area contributed by atoms with Crippen LogP contribution in [-0.4, -0.2) is 40.3 Å². The molecular weight excluding hydrogens is 445 g/mol. The van der Waals surface area contributed by atoms with Crippen molar-refractivity contribution in [3.8, 4) is 5.75 Å². The summed E-state index contributed by atoms with van der Waals surface area (Å²) in [5.41, 5.74) is 1.11. The zero-order chi connectivity index (χ0) is 23.9. The van der Waals surface area contributed by atoms with Crippen molar-refractivity contribution < 1.29 is 31.1 Å². The summed E-state index contributed by atoms with van der Waals surface area (Å²) < 4.78 is 69.5. The van der Waals surface area contributed by atoms with Crippen LogP contribution in [0.1, 0.15) is 29.5 Å².